The van der Waals surface area contributed by atoms with Crippen molar-refractivity contribution in [2.75, 3.05) is 11.9 Å². The van der Waals surface area contributed by atoms with Crippen molar-refractivity contribution in [3.8, 4) is 11.6 Å². The van der Waals surface area contributed by atoms with E-state index in [2.05, 4.69) is 38.1 Å². The zero-order chi connectivity index (χ0) is 13.7. The number of ether oxygens (including phenoxy) is 1. The Labute approximate surface area is 121 Å². The van der Waals surface area contributed by atoms with Crippen molar-refractivity contribution in [2.24, 2.45) is 0 Å². The van der Waals surface area contributed by atoms with Gasteiger partial charge in [-0.15, -0.1) is 0 Å². The molecular weight excluding hydrogens is 306 g/mol. The average molecular weight is 322 g/mol. The Balaban J connectivity index is 2.21. The zero-order valence-electron chi connectivity index (χ0n) is 11.0. The van der Waals surface area contributed by atoms with Crippen molar-refractivity contribution in [1.82, 2.24) is 9.97 Å². The zero-order valence-corrected chi connectivity index (χ0v) is 12.6. The number of rotatable bonds is 5. The Hall–Kier alpha value is -1.62. The largest absolute Gasteiger partial charge is 0.437 e. The van der Waals surface area contributed by atoms with Crippen LogP contribution in [0.4, 0.5) is 5.95 Å². The first-order valence-electron chi connectivity index (χ1n) is 6.20. The fourth-order valence-corrected chi connectivity index (χ4v) is 1.79. The second-order valence-electron chi connectivity index (χ2n) is 4.14. The van der Waals surface area contributed by atoms with Crippen LogP contribution in [-0.2, 0) is 0 Å². The summed E-state index contributed by atoms with van der Waals surface area (Å²) in [4.78, 5) is 8.55. The highest BCUT2D eigenvalue weighted by Gasteiger charge is 2.08. The van der Waals surface area contributed by atoms with Gasteiger partial charge in [0.15, 0.2) is 0 Å². The minimum atomic E-state index is 0.517. The van der Waals surface area contributed by atoms with Gasteiger partial charge in [0.25, 0.3) is 0 Å². The summed E-state index contributed by atoms with van der Waals surface area (Å²) >= 11 is 3.40. The molecule has 0 radical (unpaired) electrons. The lowest BCUT2D eigenvalue weighted by molar-refractivity contribution is 0.455. The number of anilines is 1. The van der Waals surface area contributed by atoms with Crippen LogP contribution in [0.1, 0.15) is 18.9 Å². The Morgan fingerprint density at radius 2 is 2.11 bits per heavy atom. The van der Waals surface area contributed by atoms with Crippen LogP contribution in [0.5, 0.6) is 11.6 Å². The highest BCUT2D eigenvalue weighted by atomic mass is 79.9. The summed E-state index contributed by atoms with van der Waals surface area (Å²) in [5.74, 6) is 1.89. The molecule has 1 N–H and O–H groups in total. The molecule has 1 heterocycles. The van der Waals surface area contributed by atoms with E-state index in [1.165, 1.54) is 0 Å². The summed E-state index contributed by atoms with van der Waals surface area (Å²) < 4.78 is 6.56. The molecule has 100 valence electrons. The van der Waals surface area contributed by atoms with E-state index < -0.39 is 0 Å². The predicted molar refractivity (Wildman–Crippen MR) is 79.8 cm³/mol. The highest BCUT2D eigenvalue weighted by molar-refractivity contribution is 9.10. The van der Waals surface area contributed by atoms with Gasteiger partial charge in [0.2, 0.25) is 11.8 Å². The number of nitrogens with zero attached hydrogens (tertiary/aromatic N) is 2. The quantitative estimate of drug-likeness (QED) is 0.898. The minimum Gasteiger partial charge on any atom is -0.437 e. The summed E-state index contributed by atoms with van der Waals surface area (Å²) in [7, 11) is 0. The predicted octanol–water partition coefficient (Wildman–Crippen LogP) is 4.16. The first kappa shape index (κ1) is 13.8. The van der Waals surface area contributed by atoms with E-state index >= 15 is 0 Å². The molecule has 0 saturated heterocycles. The molecule has 0 unspecified atom stereocenters. The van der Waals surface area contributed by atoms with Crippen molar-refractivity contribution < 1.29 is 4.74 Å². The molecule has 0 saturated carbocycles. The number of hydrogen-bond donors (Lipinski definition) is 1. The third kappa shape index (κ3) is 3.67. The molecule has 1 aromatic carbocycles. The Morgan fingerprint density at radius 3 is 2.84 bits per heavy atom. The topological polar surface area (TPSA) is 47.0 Å². The van der Waals surface area contributed by atoms with Crippen LogP contribution in [-0.4, -0.2) is 16.5 Å². The minimum absolute atomic E-state index is 0.517. The number of nitrogens with one attached hydrogen (secondary N) is 1. The molecule has 19 heavy (non-hydrogen) atoms. The molecule has 0 aliphatic carbocycles. The molecule has 2 aromatic rings. The van der Waals surface area contributed by atoms with Crippen LogP contribution in [0.15, 0.2) is 34.9 Å². The molecule has 4 nitrogen and oxygen atoms in total. The molecule has 2 rings (SSSR count). The summed E-state index contributed by atoms with van der Waals surface area (Å²) in [6.45, 7) is 4.93. The third-order valence-corrected chi connectivity index (χ3v) is 3.09. The number of benzene rings is 1. The summed E-state index contributed by atoms with van der Waals surface area (Å²) in [6.07, 6.45) is 2.71. The molecule has 0 atom stereocenters. The van der Waals surface area contributed by atoms with Gasteiger partial charge in [0.1, 0.15) is 5.75 Å². The monoisotopic (exact) mass is 321 g/mol. The van der Waals surface area contributed by atoms with Crippen LogP contribution >= 0.6 is 15.9 Å². The van der Waals surface area contributed by atoms with Crippen molar-refractivity contribution >= 4 is 21.9 Å². The van der Waals surface area contributed by atoms with Gasteiger partial charge >= 0.3 is 0 Å². The molecule has 0 bridgehead atoms. The fourth-order valence-electron chi connectivity index (χ4n) is 1.52. The van der Waals surface area contributed by atoms with E-state index in [0.717, 1.165) is 28.8 Å². The molecule has 0 spiro atoms. The van der Waals surface area contributed by atoms with Crippen LogP contribution in [0, 0.1) is 6.92 Å². The molecular formula is C14H16BrN3O. The number of aromatic nitrogens is 2. The fraction of sp³-hybridized carbons (Fsp3) is 0.286. The summed E-state index contributed by atoms with van der Waals surface area (Å²) in [6, 6.07) is 7.84. The Kier molecular flexibility index (Phi) is 4.74. The van der Waals surface area contributed by atoms with Gasteiger partial charge in [0.05, 0.1) is 10.7 Å². The van der Waals surface area contributed by atoms with Crippen molar-refractivity contribution in [3.05, 3.63) is 40.5 Å². The maximum absolute atomic E-state index is 5.82. The van der Waals surface area contributed by atoms with Crippen LogP contribution in [0.2, 0.25) is 0 Å². The summed E-state index contributed by atoms with van der Waals surface area (Å²) in [5.41, 5.74) is 1.07. The van der Waals surface area contributed by atoms with Crippen molar-refractivity contribution in [2.45, 2.75) is 20.3 Å². The van der Waals surface area contributed by atoms with Crippen molar-refractivity contribution in [3.63, 3.8) is 0 Å². The van der Waals surface area contributed by atoms with Gasteiger partial charge in [-0.1, -0.05) is 25.1 Å². The lowest BCUT2D eigenvalue weighted by Gasteiger charge is -2.10. The number of hydrogen-bond acceptors (Lipinski definition) is 4. The molecule has 1 aromatic heterocycles. The number of para-hydroxylation sites is 1. The highest BCUT2D eigenvalue weighted by Crippen LogP contribution is 2.29. The van der Waals surface area contributed by atoms with Crippen molar-refractivity contribution in [1.29, 1.82) is 0 Å². The van der Waals surface area contributed by atoms with E-state index in [-0.39, 0.29) is 0 Å². The Morgan fingerprint density at radius 1 is 1.32 bits per heavy atom. The maximum atomic E-state index is 5.82. The first-order chi connectivity index (χ1) is 9.20. The van der Waals surface area contributed by atoms with Gasteiger partial charge < -0.3 is 10.1 Å². The van der Waals surface area contributed by atoms with Gasteiger partial charge in [-0.3, -0.25) is 0 Å². The normalized spacial score (nSPS) is 10.3. The second kappa shape index (κ2) is 6.52. The first-order valence-corrected chi connectivity index (χ1v) is 7.00. The number of halogens is 1. The van der Waals surface area contributed by atoms with Crippen LogP contribution in [0.3, 0.4) is 0 Å². The lowest BCUT2D eigenvalue weighted by atomic mass is 10.2. The lowest BCUT2D eigenvalue weighted by Crippen LogP contribution is -2.05. The smallest absolute Gasteiger partial charge is 0.238 e. The van der Waals surface area contributed by atoms with Crippen LogP contribution < -0.4 is 10.1 Å². The van der Waals surface area contributed by atoms with Gasteiger partial charge in [0, 0.05) is 6.54 Å². The molecule has 0 amide bonds. The summed E-state index contributed by atoms with van der Waals surface area (Å²) in [5, 5.41) is 3.14. The SMILES string of the molecule is CCCNc1ncc(Br)c(Oc2ccccc2C)n1. The second-order valence-corrected chi connectivity index (χ2v) is 5.00. The number of aryl methyl sites for hydroxylation is 1. The van der Waals surface area contributed by atoms with E-state index in [1.807, 2.05) is 31.2 Å². The molecule has 5 heteroatoms. The molecule has 0 aliphatic rings. The third-order valence-electron chi connectivity index (χ3n) is 2.55. The maximum Gasteiger partial charge on any atom is 0.238 e. The van der Waals surface area contributed by atoms with Gasteiger partial charge in [-0.05, 0) is 40.9 Å². The van der Waals surface area contributed by atoms with E-state index in [4.69, 9.17) is 4.74 Å². The average Bonchev–Trinajstić information content (AvgIpc) is 2.42. The molecule has 0 fully saturated rings. The van der Waals surface area contributed by atoms with E-state index in [0.29, 0.717) is 11.8 Å². The van der Waals surface area contributed by atoms with E-state index in [9.17, 15) is 0 Å². The van der Waals surface area contributed by atoms with Gasteiger partial charge in [-0.2, -0.15) is 4.98 Å². The van der Waals surface area contributed by atoms with Crippen LogP contribution in [0.25, 0.3) is 0 Å². The van der Waals surface area contributed by atoms with E-state index in [1.54, 1.807) is 6.20 Å². The van der Waals surface area contributed by atoms with Gasteiger partial charge in [-0.25, -0.2) is 4.98 Å². The standard InChI is InChI=1S/C14H16BrN3O/c1-3-8-16-14-17-9-11(15)13(18-14)19-12-7-5-4-6-10(12)2/h4-7,9H,3,8H2,1-2H3,(H,16,17,18). The molecule has 0 aliphatic heterocycles. The Bertz CT molecular complexity index is 560.